The molecule has 118 valence electrons. The fourth-order valence-electron chi connectivity index (χ4n) is 3.92. The Kier molecular flexibility index (Phi) is 4.30. The van der Waals surface area contributed by atoms with Gasteiger partial charge in [-0.1, -0.05) is 24.6 Å². The molecule has 3 atom stereocenters. The van der Waals surface area contributed by atoms with E-state index in [-0.39, 0.29) is 17.9 Å². The van der Waals surface area contributed by atoms with Gasteiger partial charge in [-0.05, 0) is 44.7 Å². The first-order valence-corrected chi connectivity index (χ1v) is 8.41. The zero-order chi connectivity index (χ0) is 15.7. The molecule has 2 heterocycles. The molecule has 3 rings (SSSR count). The van der Waals surface area contributed by atoms with Crippen molar-refractivity contribution in [1.29, 1.82) is 0 Å². The van der Waals surface area contributed by atoms with Gasteiger partial charge in [0.15, 0.2) is 6.04 Å². The van der Waals surface area contributed by atoms with E-state index in [4.69, 9.17) is 0 Å². The predicted octanol–water partition coefficient (Wildman–Crippen LogP) is 1.47. The summed E-state index contributed by atoms with van der Waals surface area (Å²) in [6, 6.07) is 7.98. The quantitative estimate of drug-likeness (QED) is 0.859. The first-order valence-electron chi connectivity index (χ1n) is 8.41. The number of rotatable bonds is 3. The first-order chi connectivity index (χ1) is 10.6. The Morgan fingerprint density at radius 2 is 1.91 bits per heavy atom. The molecular formula is C18H25N2O2+. The molecule has 2 aliphatic rings. The number of hydrogen-bond donors (Lipinski definition) is 1. The lowest BCUT2D eigenvalue weighted by Crippen LogP contribution is -3.20. The van der Waals surface area contributed by atoms with Crippen molar-refractivity contribution in [3.05, 3.63) is 29.8 Å². The summed E-state index contributed by atoms with van der Waals surface area (Å²) < 4.78 is 0. The molecule has 2 fully saturated rings. The Labute approximate surface area is 132 Å². The van der Waals surface area contributed by atoms with Crippen molar-refractivity contribution in [1.82, 2.24) is 0 Å². The van der Waals surface area contributed by atoms with Crippen LogP contribution in [-0.4, -0.2) is 30.4 Å². The second-order valence-corrected chi connectivity index (χ2v) is 6.59. The average molecular weight is 301 g/mol. The molecule has 2 aliphatic heterocycles. The number of amides is 2. The molecule has 2 saturated heterocycles. The molecule has 0 spiro atoms. The number of hydrogen-bond acceptors (Lipinski definition) is 2. The highest BCUT2D eigenvalue weighted by molar-refractivity contribution is 6.21. The second kappa shape index (κ2) is 6.21. The highest BCUT2D eigenvalue weighted by atomic mass is 16.2. The Balaban J connectivity index is 1.83. The van der Waals surface area contributed by atoms with Crippen LogP contribution in [0.4, 0.5) is 5.69 Å². The van der Waals surface area contributed by atoms with Crippen LogP contribution >= 0.6 is 0 Å². The topological polar surface area (TPSA) is 41.8 Å². The summed E-state index contributed by atoms with van der Waals surface area (Å²) in [5.41, 5.74) is 1.85. The van der Waals surface area contributed by atoms with Crippen molar-refractivity contribution >= 4 is 17.5 Å². The van der Waals surface area contributed by atoms with E-state index >= 15 is 0 Å². The standard InChI is InChI=1S/C18H24N2O2/c1-3-14-6-4-5-11-19(14)16-12-17(21)20(18(16)22)15-9-7-13(2)8-10-15/h7-10,14,16H,3-6,11-12H2,1-2H3/p+1/t14-,16-/m1/s1. The zero-order valence-electron chi connectivity index (χ0n) is 13.5. The van der Waals surface area contributed by atoms with Crippen LogP contribution in [0.3, 0.4) is 0 Å². The van der Waals surface area contributed by atoms with E-state index in [9.17, 15) is 9.59 Å². The summed E-state index contributed by atoms with van der Waals surface area (Å²) in [5, 5.41) is 0. The molecule has 2 amide bonds. The monoisotopic (exact) mass is 301 g/mol. The highest BCUT2D eigenvalue weighted by Crippen LogP contribution is 2.23. The Morgan fingerprint density at radius 1 is 1.18 bits per heavy atom. The second-order valence-electron chi connectivity index (χ2n) is 6.59. The molecule has 0 aliphatic carbocycles. The summed E-state index contributed by atoms with van der Waals surface area (Å²) in [6.45, 7) is 5.21. The Bertz CT molecular complexity index is 567. The van der Waals surface area contributed by atoms with E-state index in [0.29, 0.717) is 18.2 Å². The zero-order valence-corrected chi connectivity index (χ0v) is 13.5. The number of nitrogens with one attached hydrogen (secondary N) is 1. The lowest BCUT2D eigenvalue weighted by Gasteiger charge is -2.35. The molecule has 4 heteroatoms. The number of carbonyl (C=O) groups is 2. The van der Waals surface area contributed by atoms with Gasteiger partial charge in [-0.25, -0.2) is 4.90 Å². The maximum atomic E-state index is 12.8. The van der Waals surface area contributed by atoms with E-state index in [1.54, 1.807) is 0 Å². The summed E-state index contributed by atoms with van der Waals surface area (Å²) in [6.07, 6.45) is 5.03. The van der Waals surface area contributed by atoms with Crippen LogP contribution in [-0.2, 0) is 9.59 Å². The highest BCUT2D eigenvalue weighted by Gasteiger charge is 2.47. The predicted molar refractivity (Wildman–Crippen MR) is 85.8 cm³/mol. The third-order valence-corrected chi connectivity index (χ3v) is 5.17. The third kappa shape index (κ3) is 2.68. The SMILES string of the molecule is CC[C@@H]1CCCC[NH+]1[C@@H]1CC(=O)N(c2ccc(C)cc2)C1=O. The van der Waals surface area contributed by atoms with Crippen LogP contribution in [0.1, 0.15) is 44.6 Å². The smallest absolute Gasteiger partial charge is 0.292 e. The minimum absolute atomic E-state index is 0.01000. The van der Waals surface area contributed by atoms with E-state index in [2.05, 4.69) is 6.92 Å². The lowest BCUT2D eigenvalue weighted by atomic mass is 9.97. The fourth-order valence-corrected chi connectivity index (χ4v) is 3.92. The van der Waals surface area contributed by atoms with Gasteiger partial charge in [-0.15, -0.1) is 0 Å². The van der Waals surface area contributed by atoms with Gasteiger partial charge in [0.05, 0.1) is 24.7 Å². The molecule has 0 bridgehead atoms. The number of quaternary nitrogens is 1. The van der Waals surface area contributed by atoms with E-state index in [1.165, 1.54) is 22.6 Å². The molecule has 0 radical (unpaired) electrons. The number of anilines is 1. The summed E-state index contributed by atoms with van der Waals surface area (Å²) >= 11 is 0. The molecule has 1 unspecified atom stereocenters. The maximum absolute atomic E-state index is 12.8. The normalized spacial score (nSPS) is 29.2. The van der Waals surface area contributed by atoms with Crippen molar-refractivity contribution in [3.63, 3.8) is 0 Å². The number of nitrogens with zero attached hydrogens (tertiary/aromatic N) is 1. The number of carbonyl (C=O) groups excluding carboxylic acids is 2. The maximum Gasteiger partial charge on any atom is 0.292 e. The van der Waals surface area contributed by atoms with Crippen LogP contribution in [0.5, 0.6) is 0 Å². The number of aryl methyl sites for hydroxylation is 1. The molecule has 22 heavy (non-hydrogen) atoms. The number of likely N-dealkylation sites (tertiary alicyclic amines) is 1. The molecule has 0 saturated carbocycles. The van der Waals surface area contributed by atoms with Crippen molar-refractivity contribution in [2.45, 2.75) is 58.0 Å². The van der Waals surface area contributed by atoms with E-state index in [1.807, 2.05) is 31.2 Å². The summed E-state index contributed by atoms with van der Waals surface area (Å²) in [4.78, 5) is 28.0. The average Bonchev–Trinajstić information content (AvgIpc) is 2.83. The van der Waals surface area contributed by atoms with Crippen molar-refractivity contribution in [2.24, 2.45) is 0 Å². The molecule has 0 aromatic heterocycles. The molecule has 4 nitrogen and oxygen atoms in total. The van der Waals surface area contributed by atoms with E-state index in [0.717, 1.165) is 24.9 Å². The summed E-state index contributed by atoms with van der Waals surface area (Å²) in [5.74, 6) is -0.0593. The van der Waals surface area contributed by atoms with Gasteiger partial charge in [-0.3, -0.25) is 9.59 Å². The number of piperidine rings is 1. The molecule has 1 aromatic rings. The minimum Gasteiger partial charge on any atom is -0.322 e. The first kappa shape index (κ1) is 15.2. The van der Waals surface area contributed by atoms with Gasteiger partial charge in [0.2, 0.25) is 5.91 Å². The van der Waals surface area contributed by atoms with Gasteiger partial charge >= 0.3 is 0 Å². The van der Waals surface area contributed by atoms with Crippen molar-refractivity contribution in [2.75, 3.05) is 11.4 Å². The van der Waals surface area contributed by atoms with Crippen LogP contribution in [0, 0.1) is 6.92 Å². The Morgan fingerprint density at radius 3 is 2.59 bits per heavy atom. The fraction of sp³-hybridized carbons (Fsp3) is 0.556. The van der Waals surface area contributed by atoms with Gasteiger partial charge in [0.1, 0.15) is 0 Å². The van der Waals surface area contributed by atoms with Crippen LogP contribution in [0.25, 0.3) is 0 Å². The van der Waals surface area contributed by atoms with Gasteiger partial charge in [0.25, 0.3) is 5.91 Å². The van der Waals surface area contributed by atoms with Crippen LogP contribution < -0.4 is 9.80 Å². The largest absolute Gasteiger partial charge is 0.322 e. The third-order valence-electron chi connectivity index (χ3n) is 5.17. The van der Waals surface area contributed by atoms with Gasteiger partial charge in [-0.2, -0.15) is 0 Å². The lowest BCUT2D eigenvalue weighted by molar-refractivity contribution is -0.944. The number of benzene rings is 1. The minimum atomic E-state index is -0.181. The van der Waals surface area contributed by atoms with Crippen LogP contribution in [0.15, 0.2) is 24.3 Å². The molecule has 1 N–H and O–H groups in total. The van der Waals surface area contributed by atoms with E-state index < -0.39 is 0 Å². The Hall–Kier alpha value is -1.68. The van der Waals surface area contributed by atoms with Gasteiger partial charge in [0, 0.05) is 0 Å². The molecule has 1 aromatic carbocycles. The van der Waals surface area contributed by atoms with Crippen molar-refractivity contribution < 1.29 is 14.5 Å². The van der Waals surface area contributed by atoms with Crippen LogP contribution in [0.2, 0.25) is 0 Å². The van der Waals surface area contributed by atoms with Gasteiger partial charge < -0.3 is 4.90 Å². The summed E-state index contributed by atoms with van der Waals surface area (Å²) in [7, 11) is 0. The number of imide groups is 1. The molecular weight excluding hydrogens is 276 g/mol. The van der Waals surface area contributed by atoms with Crippen molar-refractivity contribution in [3.8, 4) is 0 Å².